The monoisotopic (exact) mass is 265 g/mol. The predicted molar refractivity (Wildman–Crippen MR) is 55.8 cm³/mol. The number of rotatable bonds is 1. The lowest BCUT2D eigenvalue weighted by Gasteiger charge is -2.37. The first kappa shape index (κ1) is 13.0. The summed E-state index contributed by atoms with van der Waals surface area (Å²) in [7, 11) is 0. The lowest BCUT2D eigenvalue weighted by molar-refractivity contribution is -0.130. The average Bonchev–Trinajstić information content (AvgIpc) is 2.66. The van der Waals surface area contributed by atoms with E-state index in [2.05, 4.69) is 0 Å². The molecule has 0 spiro atoms. The molecular weight excluding hydrogens is 251 g/mol. The number of urea groups is 1. The van der Waals surface area contributed by atoms with Gasteiger partial charge in [-0.1, -0.05) is 0 Å². The van der Waals surface area contributed by atoms with Crippen LogP contribution in [0.25, 0.3) is 0 Å². The Morgan fingerprint density at radius 2 is 2.11 bits per heavy atom. The van der Waals surface area contributed by atoms with Crippen molar-refractivity contribution in [2.45, 2.75) is 25.1 Å². The van der Waals surface area contributed by atoms with E-state index in [0.717, 1.165) is 0 Å². The van der Waals surface area contributed by atoms with Crippen molar-refractivity contribution < 1.29 is 22.8 Å². The lowest BCUT2D eigenvalue weighted by atomic mass is 10.2. The molecule has 0 aromatic heterocycles. The maximum Gasteiger partial charge on any atom is 0.405 e. The molecule has 2 heterocycles. The van der Waals surface area contributed by atoms with Crippen LogP contribution in [-0.2, 0) is 4.79 Å². The van der Waals surface area contributed by atoms with Crippen LogP contribution in [0.5, 0.6) is 0 Å². The molecule has 2 aliphatic rings. The molecule has 0 saturated carbocycles. The third-order valence-electron chi connectivity index (χ3n) is 3.22. The van der Waals surface area contributed by atoms with E-state index in [1.165, 1.54) is 4.90 Å². The molecule has 0 aliphatic carbocycles. The van der Waals surface area contributed by atoms with Crippen LogP contribution in [0.2, 0.25) is 0 Å². The summed E-state index contributed by atoms with van der Waals surface area (Å²) >= 11 is 0. The standard InChI is InChI=1S/C10H14F3N3O2/c11-10(12,13)6-14-9(18)15-3-4-16-7(5-15)1-2-8(16)17/h7H,1-6H2,(H,14,18). The lowest BCUT2D eigenvalue weighted by Crippen LogP contribution is -2.56. The zero-order valence-corrected chi connectivity index (χ0v) is 9.66. The van der Waals surface area contributed by atoms with Gasteiger partial charge in [0.2, 0.25) is 5.91 Å². The number of halogens is 3. The van der Waals surface area contributed by atoms with E-state index in [1.807, 2.05) is 5.32 Å². The molecule has 2 rings (SSSR count). The van der Waals surface area contributed by atoms with E-state index < -0.39 is 18.8 Å². The molecule has 8 heteroatoms. The van der Waals surface area contributed by atoms with Crippen molar-refractivity contribution in [2.24, 2.45) is 0 Å². The highest BCUT2D eigenvalue weighted by molar-refractivity contribution is 5.80. The van der Waals surface area contributed by atoms with Crippen molar-refractivity contribution in [1.29, 1.82) is 0 Å². The second-order valence-electron chi connectivity index (χ2n) is 4.50. The summed E-state index contributed by atoms with van der Waals surface area (Å²) in [6.45, 7) is -0.320. The van der Waals surface area contributed by atoms with Gasteiger partial charge in [-0.25, -0.2) is 4.79 Å². The molecule has 2 fully saturated rings. The van der Waals surface area contributed by atoms with E-state index in [4.69, 9.17) is 0 Å². The van der Waals surface area contributed by atoms with Crippen LogP contribution in [0.3, 0.4) is 0 Å². The number of hydrogen-bond donors (Lipinski definition) is 1. The predicted octanol–water partition coefficient (Wildman–Crippen LogP) is 0.565. The number of amides is 3. The fourth-order valence-corrected chi connectivity index (χ4v) is 2.34. The molecule has 0 aromatic carbocycles. The van der Waals surface area contributed by atoms with Gasteiger partial charge in [-0.15, -0.1) is 0 Å². The number of carbonyl (C=O) groups is 2. The van der Waals surface area contributed by atoms with E-state index in [9.17, 15) is 22.8 Å². The van der Waals surface area contributed by atoms with Gasteiger partial charge in [0.05, 0.1) is 0 Å². The molecule has 102 valence electrons. The molecule has 2 saturated heterocycles. The molecule has 2 aliphatic heterocycles. The van der Waals surface area contributed by atoms with Gasteiger partial charge in [-0.3, -0.25) is 4.79 Å². The summed E-state index contributed by atoms with van der Waals surface area (Å²) in [5.41, 5.74) is 0. The molecule has 1 unspecified atom stereocenters. The Labute approximate surface area is 102 Å². The number of carbonyl (C=O) groups excluding carboxylic acids is 2. The summed E-state index contributed by atoms with van der Waals surface area (Å²) in [5, 5.41) is 1.84. The number of alkyl halides is 3. The third-order valence-corrected chi connectivity index (χ3v) is 3.22. The topological polar surface area (TPSA) is 52.7 Å². The number of piperazine rings is 1. The molecule has 1 N–H and O–H groups in total. The van der Waals surface area contributed by atoms with Crippen LogP contribution in [0, 0.1) is 0 Å². The van der Waals surface area contributed by atoms with Gasteiger partial charge in [0.25, 0.3) is 0 Å². The van der Waals surface area contributed by atoms with E-state index in [0.29, 0.717) is 25.9 Å². The van der Waals surface area contributed by atoms with Crippen molar-refractivity contribution in [1.82, 2.24) is 15.1 Å². The first-order chi connectivity index (χ1) is 8.37. The van der Waals surface area contributed by atoms with Gasteiger partial charge < -0.3 is 15.1 Å². The average molecular weight is 265 g/mol. The van der Waals surface area contributed by atoms with Crippen molar-refractivity contribution in [3.63, 3.8) is 0 Å². The van der Waals surface area contributed by atoms with E-state index in [1.54, 1.807) is 4.90 Å². The highest BCUT2D eigenvalue weighted by atomic mass is 19.4. The summed E-state index contributed by atoms with van der Waals surface area (Å²) in [6, 6.07) is -0.755. The maximum atomic E-state index is 12.0. The minimum absolute atomic E-state index is 0.0390. The summed E-state index contributed by atoms with van der Waals surface area (Å²) in [5.74, 6) is 0.0651. The summed E-state index contributed by atoms with van der Waals surface area (Å²) < 4.78 is 35.9. The van der Waals surface area contributed by atoms with Gasteiger partial charge in [0, 0.05) is 32.1 Å². The minimum Gasteiger partial charge on any atom is -0.336 e. The highest BCUT2D eigenvalue weighted by Gasteiger charge is 2.37. The number of nitrogens with one attached hydrogen (secondary N) is 1. The second-order valence-corrected chi connectivity index (χ2v) is 4.50. The Bertz CT molecular complexity index is 359. The van der Waals surface area contributed by atoms with Crippen LogP contribution in [0.1, 0.15) is 12.8 Å². The number of nitrogens with zero attached hydrogens (tertiary/aromatic N) is 2. The minimum atomic E-state index is -4.40. The quantitative estimate of drug-likeness (QED) is 0.753. The molecule has 3 amide bonds. The highest BCUT2D eigenvalue weighted by Crippen LogP contribution is 2.22. The normalized spacial score (nSPS) is 24.2. The van der Waals surface area contributed by atoms with Crippen molar-refractivity contribution >= 4 is 11.9 Å². The van der Waals surface area contributed by atoms with Gasteiger partial charge in [-0.05, 0) is 6.42 Å². The Balaban J connectivity index is 1.84. The Morgan fingerprint density at radius 1 is 1.39 bits per heavy atom. The zero-order valence-electron chi connectivity index (χ0n) is 9.66. The molecule has 0 aromatic rings. The van der Waals surface area contributed by atoms with Crippen LogP contribution < -0.4 is 5.32 Å². The Kier molecular flexibility index (Phi) is 3.36. The van der Waals surface area contributed by atoms with Crippen molar-refractivity contribution in [2.75, 3.05) is 26.2 Å². The van der Waals surface area contributed by atoms with E-state index in [-0.39, 0.29) is 18.5 Å². The SMILES string of the molecule is O=C(NCC(F)(F)F)N1CCN2C(=O)CCC2C1. The first-order valence-corrected chi connectivity index (χ1v) is 5.76. The van der Waals surface area contributed by atoms with Crippen LogP contribution in [-0.4, -0.2) is 60.1 Å². The number of hydrogen-bond acceptors (Lipinski definition) is 2. The van der Waals surface area contributed by atoms with Crippen LogP contribution in [0.15, 0.2) is 0 Å². The van der Waals surface area contributed by atoms with Crippen molar-refractivity contribution in [3.05, 3.63) is 0 Å². The molecule has 5 nitrogen and oxygen atoms in total. The molecule has 0 bridgehead atoms. The smallest absolute Gasteiger partial charge is 0.336 e. The molecule has 0 radical (unpaired) electrons. The largest absolute Gasteiger partial charge is 0.405 e. The van der Waals surface area contributed by atoms with Gasteiger partial charge in [-0.2, -0.15) is 13.2 Å². The fraction of sp³-hybridized carbons (Fsp3) is 0.800. The van der Waals surface area contributed by atoms with Gasteiger partial charge >= 0.3 is 12.2 Å². The summed E-state index contributed by atoms with van der Waals surface area (Å²) in [6.07, 6.45) is -3.27. The van der Waals surface area contributed by atoms with Crippen LogP contribution >= 0.6 is 0 Å². The van der Waals surface area contributed by atoms with Crippen molar-refractivity contribution in [3.8, 4) is 0 Å². The second kappa shape index (κ2) is 4.66. The van der Waals surface area contributed by atoms with Crippen LogP contribution in [0.4, 0.5) is 18.0 Å². The Morgan fingerprint density at radius 3 is 2.78 bits per heavy atom. The third kappa shape index (κ3) is 2.85. The van der Waals surface area contributed by atoms with Gasteiger partial charge in [0.1, 0.15) is 6.54 Å². The van der Waals surface area contributed by atoms with Gasteiger partial charge in [0.15, 0.2) is 0 Å². The maximum absolute atomic E-state index is 12.0. The molecular formula is C10H14F3N3O2. The first-order valence-electron chi connectivity index (χ1n) is 5.76. The molecule has 1 atom stereocenters. The fourth-order valence-electron chi connectivity index (χ4n) is 2.34. The summed E-state index contributed by atoms with van der Waals surface area (Å²) in [4.78, 5) is 26.0. The van der Waals surface area contributed by atoms with E-state index >= 15 is 0 Å². The zero-order chi connectivity index (χ0) is 13.3. The Hall–Kier alpha value is -1.47. The molecule has 18 heavy (non-hydrogen) atoms. The number of fused-ring (bicyclic) bond motifs is 1.